The van der Waals surface area contributed by atoms with E-state index in [0.717, 1.165) is 38.5 Å². The predicted octanol–water partition coefficient (Wildman–Crippen LogP) is 4.76. The number of ketones is 2. The lowest BCUT2D eigenvalue weighted by Crippen LogP contribution is -2.57. The zero-order chi connectivity index (χ0) is 21.7. The molecular weight excluding hydrogens is 378 g/mol. The van der Waals surface area contributed by atoms with Crippen molar-refractivity contribution in [1.29, 1.82) is 0 Å². The molecule has 30 heavy (non-hydrogen) atoms. The summed E-state index contributed by atoms with van der Waals surface area (Å²) in [7, 11) is 0. The first-order valence-corrected chi connectivity index (χ1v) is 11.7. The number of alkyl carbamates (subject to hydrolysis) is 1. The van der Waals surface area contributed by atoms with Crippen molar-refractivity contribution >= 4 is 17.7 Å². The lowest BCUT2D eigenvalue weighted by atomic mass is 9.47. The molecule has 3 fully saturated rings. The molecule has 1 N–H and O–H groups in total. The van der Waals surface area contributed by atoms with Crippen LogP contribution in [-0.2, 0) is 14.3 Å². The summed E-state index contributed by atoms with van der Waals surface area (Å²) in [5, 5.41) is 2.88. The van der Waals surface area contributed by atoms with Gasteiger partial charge in [-0.05, 0) is 68.4 Å². The Morgan fingerprint density at radius 2 is 1.90 bits per heavy atom. The van der Waals surface area contributed by atoms with Gasteiger partial charge in [-0.25, -0.2) is 4.79 Å². The van der Waals surface area contributed by atoms with Gasteiger partial charge in [0.2, 0.25) is 0 Å². The highest BCUT2D eigenvalue weighted by molar-refractivity contribution is 6.10. The van der Waals surface area contributed by atoms with Gasteiger partial charge in [0, 0.05) is 29.4 Å². The minimum Gasteiger partial charge on any atom is -0.442 e. The van der Waals surface area contributed by atoms with E-state index < -0.39 is 5.60 Å². The number of rotatable bonds is 4. The molecule has 164 valence electrons. The molecule has 0 heterocycles. The second kappa shape index (κ2) is 7.35. The number of carbonyl (C=O) groups excluding carboxylic acids is 3. The number of allylic oxidation sites excluding steroid dienone is 4. The zero-order valence-electron chi connectivity index (χ0n) is 18.8. The highest BCUT2D eigenvalue weighted by Crippen LogP contribution is 2.67. The molecule has 4 aliphatic rings. The summed E-state index contributed by atoms with van der Waals surface area (Å²) < 4.78 is 6.17. The molecule has 5 nitrogen and oxygen atoms in total. The Balaban J connectivity index is 1.64. The molecule has 0 aromatic rings. The van der Waals surface area contributed by atoms with Crippen molar-refractivity contribution in [2.24, 2.45) is 28.6 Å². The smallest absolute Gasteiger partial charge is 0.407 e. The van der Waals surface area contributed by atoms with Gasteiger partial charge >= 0.3 is 6.09 Å². The first-order chi connectivity index (χ1) is 14.2. The van der Waals surface area contributed by atoms with Gasteiger partial charge in [-0.3, -0.25) is 9.59 Å². The fraction of sp³-hybridized carbons (Fsp3) is 0.720. The average Bonchev–Trinajstić information content (AvgIpc) is 3.00. The van der Waals surface area contributed by atoms with Crippen LogP contribution in [0.2, 0.25) is 0 Å². The van der Waals surface area contributed by atoms with Gasteiger partial charge in [-0.15, -0.1) is 0 Å². The molecule has 4 rings (SSSR count). The van der Waals surface area contributed by atoms with E-state index in [1.165, 1.54) is 0 Å². The summed E-state index contributed by atoms with van der Waals surface area (Å²) in [6.07, 6.45) is 10.9. The summed E-state index contributed by atoms with van der Waals surface area (Å²) in [5.41, 5.74) is -0.251. The average molecular weight is 414 g/mol. The Hall–Kier alpha value is -1.91. The minimum atomic E-state index is -0.473. The van der Waals surface area contributed by atoms with Gasteiger partial charge in [0.15, 0.2) is 11.6 Å². The minimum absolute atomic E-state index is 0.0766. The maximum atomic E-state index is 13.1. The molecule has 5 heteroatoms. The summed E-state index contributed by atoms with van der Waals surface area (Å²) in [6.45, 7) is 9.19. The SMILES string of the molecule is CCCNC(=O)O[C@]1(CC)CC[C@H]2[C@@H]3CC(=O)C4=CC(=O)C=C[C@]4(C)[C@H]3CC[C@@]21C. The molecule has 3 saturated carbocycles. The van der Waals surface area contributed by atoms with Gasteiger partial charge < -0.3 is 10.1 Å². The van der Waals surface area contributed by atoms with E-state index in [4.69, 9.17) is 4.74 Å². The third kappa shape index (κ3) is 2.91. The van der Waals surface area contributed by atoms with E-state index in [9.17, 15) is 14.4 Å². The number of carbonyl (C=O) groups is 3. The van der Waals surface area contributed by atoms with Crippen LogP contribution in [0.3, 0.4) is 0 Å². The molecule has 4 aliphatic carbocycles. The van der Waals surface area contributed by atoms with E-state index in [1.807, 2.05) is 13.0 Å². The van der Waals surface area contributed by atoms with E-state index in [1.54, 1.807) is 12.2 Å². The van der Waals surface area contributed by atoms with Crippen molar-refractivity contribution < 1.29 is 19.1 Å². The second-order valence-electron chi connectivity index (χ2n) is 10.2. The van der Waals surface area contributed by atoms with E-state index in [-0.39, 0.29) is 34.4 Å². The summed E-state index contributed by atoms with van der Waals surface area (Å²) in [4.78, 5) is 37.5. The largest absolute Gasteiger partial charge is 0.442 e. The maximum absolute atomic E-state index is 13.1. The number of fused-ring (bicyclic) bond motifs is 5. The molecule has 0 unspecified atom stereocenters. The van der Waals surface area contributed by atoms with Crippen LogP contribution in [0.1, 0.15) is 72.6 Å². The van der Waals surface area contributed by atoms with Crippen molar-refractivity contribution in [1.82, 2.24) is 5.32 Å². The Labute approximate surface area is 179 Å². The number of Topliss-reactive ketones (excluding diaryl/α,β-unsaturated/α-hetero) is 1. The van der Waals surface area contributed by atoms with Gasteiger partial charge in [0.25, 0.3) is 0 Å². The quantitative estimate of drug-likeness (QED) is 0.721. The zero-order valence-corrected chi connectivity index (χ0v) is 18.8. The van der Waals surface area contributed by atoms with Crippen LogP contribution in [0.25, 0.3) is 0 Å². The van der Waals surface area contributed by atoms with Crippen molar-refractivity contribution in [3.63, 3.8) is 0 Å². The van der Waals surface area contributed by atoms with Crippen LogP contribution in [0.15, 0.2) is 23.8 Å². The molecule has 0 bridgehead atoms. The third-order valence-electron chi connectivity index (χ3n) is 9.06. The Bertz CT molecular complexity index is 829. The van der Waals surface area contributed by atoms with Gasteiger partial charge in [0.05, 0.1) is 0 Å². The van der Waals surface area contributed by atoms with Crippen LogP contribution in [0, 0.1) is 28.6 Å². The lowest BCUT2D eigenvalue weighted by molar-refractivity contribution is -0.139. The predicted molar refractivity (Wildman–Crippen MR) is 115 cm³/mol. The van der Waals surface area contributed by atoms with Crippen LogP contribution in [0.5, 0.6) is 0 Å². The Morgan fingerprint density at radius 3 is 2.60 bits per heavy atom. The molecule has 1 amide bonds. The highest BCUT2D eigenvalue weighted by atomic mass is 16.6. The molecule has 0 aliphatic heterocycles. The Kier molecular flexibility index (Phi) is 5.22. The second-order valence-corrected chi connectivity index (χ2v) is 10.2. The standard InChI is InChI=1S/C25H35NO4/c1-5-13-26-22(29)30-25(6-2)12-9-19-17-15-21(28)20-14-16(27)7-10-23(20,3)18(17)8-11-24(19,25)4/h7,10,14,17-19H,5-6,8-9,11-13,15H2,1-4H3,(H,26,29)/t17-,18+,19+,23-,24+,25-/m1/s1. The van der Waals surface area contributed by atoms with Crippen molar-refractivity contribution in [3.05, 3.63) is 23.8 Å². The molecular formula is C25H35NO4. The number of hydrogen-bond donors (Lipinski definition) is 1. The van der Waals surface area contributed by atoms with Crippen LogP contribution >= 0.6 is 0 Å². The van der Waals surface area contributed by atoms with Gasteiger partial charge in [0.1, 0.15) is 5.60 Å². The van der Waals surface area contributed by atoms with E-state index in [0.29, 0.717) is 30.4 Å². The van der Waals surface area contributed by atoms with E-state index in [2.05, 4.69) is 26.1 Å². The Morgan fingerprint density at radius 1 is 1.17 bits per heavy atom. The van der Waals surface area contributed by atoms with Gasteiger partial charge in [-0.1, -0.05) is 33.8 Å². The summed E-state index contributed by atoms with van der Waals surface area (Å²) in [5.74, 6) is 1.02. The number of nitrogens with one attached hydrogen (secondary N) is 1. The van der Waals surface area contributed by atoms with Crippen LogP contribution < -0.4 is 5.32 Å². The first-order valence-electron chi connectivity index (χ1n) is 11.7. The monoisotopic (exact) mass is 413 g/mol. The topological polar surface area (TPSA) is 72.5 Å². The number of hydrogen-bond acceptors (Lipinski definition) is 4. The van der Waals surface area contributed by atoms with Crippen LogP contribution in [0.4, 0.5) is 4.79 Å². The van der Waals surface area contributed by atoms with Crippen molar-refractivity contribution in [3.8, 4) is 0 Å². The normalized spacial score (nSPS) is 42.1. The lowest BCUT2D eigenvalue weighted by Gasteiger charge is -2.58. The fourth-order valence-electron chi connectivity index (χ4n) is 7.39. The number of amides is 1. The fourth-order valence-corrected chi connectivity index (χ4v) is 7.39. The van der Waals surface area contributed by atoms with Crippen molar-refractivity contribution in [2.75, 3.05) is 6.54 Å². The molecule has 0 spiro atoms. The molecule has 0 aromatic carbocycles. The highest BCUT2D eigenvalue weighted by Gasteiger charge is 2.66. The maximum Gasteiger partial charge on any atom is 0.407 e. The number of ether oxygens (including phenoxy) is 1. The van der Waals surface area contributed by atoms with E-state index >= 15 is 0 Å². The third-order valence-corrected chi connectivity index (χ3v) is 9.06. The first kappa shape index (κ1) is 21.3. The van der Waals surface area contributed by atoms with Gasteiger partial charge in [-0.2, -0.15) is 0 Å². The molecule has 0 aromatic heterocycles. The van der Waals surface area contributed by atoms with Crippen molar-refractivity contribution in [2.45, 2.75) is 78.2 Å². The summed E-state index contributed by atoms with van der Waals surface area (Å²) >= 11 is 0. The molecule has 6 atom stereocenters. The van der Waals surface area contributed by atoms with Crippen LogP contribution in [-0.4, -0.2) is 29.8 Å². The molecule has 0 saturated heterocycles. The summed E-state index contributed by atoms with van der Waals surface area (Å²) in [6, 6.07) is 0. The molecule has 0 radical (unpaired) electrons.